The lowest BCUT2D eigenvalue weighted by molar-refractivity contribution is -0.115. The first kappa shape index (κ1) is 17.3. The van der Waals surface area contributed by atoms with E-state index in [9.17, 15) is 4.79 Å². The van der Waals surface area contributed by atoms with Crippen molar-refractivity contribution in [3.8, 4) is 0 Å². The summed E-state index contributed by atoms with van der Waals surface area (Å²) in [7, 11) is 0. The van der Waals surface area contributed by atoms with Gasteiger partial charge in [-0.1, -0.05) is 6.92 Å². The molecule has 2 aromatic heterocycles. The van der Waals surface area contributed by atoms with Crippen LogP contribution in [-0.2, 0) is 11.3 Å². The molecule has 0 aliphatic carbocycles. The number of carbonyl (C=O) groups excluding carboxylic acids is 1. The molecule has 8 nitrogen and oxygen atoms in total. The molecular weight excluding hydrogens is 318 g/mol. The number of nitrogens with zero attached hydrogens (tertiary/aromatic N) is 5. The van der Waals surface area contributed by atoms with Crippen molar-refractivity contribution < 1.29 is 4.79 Å². The number of amides is 1. The molecule has 1 atom stereocenters. The van der Waals surface area contributed by atoms with Gasteiger partial charge in [-0.15, -0.1) is 5.10 Å². The van der Waals surface area contributed by atoms with Gasteiger partial charge in [0.15, 0.2) is 5.82 Å². The number of rotatable bonds is 8. The van der Waals surface area contributed by atoms with Crippen LogP contribution in [0.4, 0.5) is 11.6 Å². The molecule has 2 N–H and O–H groups in total. The van der Waals surface area contributed by atoms with Gasteiger partial charge in [-0.2, -0.15) is 10.2 Å². The number of aryl methyl sites for hydroxylation is 1. The Labute approximate surface area is 147 Å². The molecule has 1 aliphatic rings. The van der Waals surface area contributed by atoms with Gasteiger partial charge in [0.25, 0.3) is 0 Å². The van der Waals surface area contributed by atoms with E-state index in [1.54, 1.807) is 12.4 Å². The fourth-order valence-corrected chi connectivity index (χ4v) is 3.16. The standard InChI is InChI=1S/C17H25N7O/c1-2-10-24-15(7-9-20-24)21-17(25)13-18-12-14-5-4-11-23(14)16-6-3-8-19-22-16/h3,6-9,14,18H,2,4-5,10-13H2,1H3,(H,21,25)/t14-/m1/s1. The fourth-order valence-electron chi connectivity index (χ4n) is 3.16. The minimum Gasteiger partial charge on any atom is -0.351 e. The van der Waals surface area contributed by atoms with E-state index < -0.39 is 0 Å². The van der Waals surface area contributed by atoms with Crippen LogP contribution in [0.15, 0.2) is 30.6 Å². The Morgan fingerprint density at radius 2 is 2.28 bits per heavy atom. The average molecular weight is 343 g/mol. The van der Waals surface area contributed by atoms with Crippen LogP contribution in [0, 0.1) is 0 Å². The second-order valence-electron chi connectivity index (χ2n) is 6.19. The number of aromatic nitrogens is 4. The maximum Gasteiger partial charge on any atom is 0.239 e. The Kier molecular flexibility index (Phi) is 5.95. The summed E-state index contributed by atoms with van der Waals surface area (Å²) >= 11 is 0. The Balaban J connectivity index is 1.46. The van der Waals surface area contributed by atoms with Crippen LogP contribution < -0.4 is 15.5 Å². The second-order valence-corrected chi connectivity index (χ2v) is 6.19. The monoisotopic (exact) mass is 343 g/mol. The smallest absolute Gasteiger partial charge is 0.239 e. The summed E-state index contributed by atoms with van der Waals surface area (Å²) in [6.07, 6.45) is 6.58. The third-order valence-electron chi connectivity index (χ3n) is 4.31. The van der Waals surface area contributed by atoms with E-state index in [2.05, 4.69) is 37.8 Å². The van der Waals surface area contributed by atoms with Gasteiger partial charge in [-0.05, 0) is 31.4 Å². The van der Waals surface area contributed by atoms with Crippen molar-refractivity contribution in [3.63, 3.8) is 0 Å². The number of nitrogens with one attached hydrogen (secondary N) is 2. The largest absolute Gasteiger partial charge is 0.351 e. The molecular formula is C17H25N7O. The molecule has 1 aliphatic heterocycles. The lowest BCUT2D eigenvalue weighted by Crippen LogP contribution is -2.41. The van der Waals surface area contributed by atoms with Gasteiger partial charge < -0.3 is 15.5 Å². The highest BCUT2D eigenvalue weighted by molar-refractivity contribution is 5.91. The second kappa shape index (κ2) is 8.57. The molecule has 1 saturated heterocycles. The van der Waals surface area contributed by atoms with E-state index in [4.69, 9.17) is 0 Å². The number of carbonyl (C=O) groups is 1. The van der Waals surface area contributed by atoms with Crippen LogP contribution in [0.2, 0.25) is 0 Å². The van der Waals surface area contributed by atoms with Gasteiger partial charge in [-0.25, -0.2) is 4.68 Å². The van der Waals surface area contributed by atoms with Gasteiger partial charge in [0, 0.05) is 37.9 Å². The highest BCUT2D eigenvalue weighted by Gasteiger charge is 2.25. The van der Waals surface area contributed by atoms with E-state index >= 15 is 0 Å². The van der Waals surface area contributed by atoms with Crippen molar-refractivity contribution in [2.45, 2.75) is 38.8 Å². The Morgan fingerprint density at radius 1 is 1.36 bits per heavy atom. The first-order chi connectivity index (χ1) is 12.3. The van der Waals surface area contributed by atoms with Crippen molar-refractivity contribution in [3.05, 3.63) is 30.6 Å². The minimum absolute atomic E-state index is 0.0538. The van der Waals surface area contributed by atoms with Gasteiger partial charge >= 0.3 is 0 Å². The minimum atomic E-state index is -0.0538. The Bertz CT molecular complexity index is 673. The molecule has 0 radical (unpaired) electrons. The lowest BCUT2D eigenvalue weighted by Gasteiger charge is -2.25. The molecule has 0 unspecified atom stereocenters. The molecule has 0 bridgehead atoms. The predicted molar refractivity (Wildman–Crippen MR) is 96.4 cm³/mol. The molecule has 1 fully saturated rings. The van der Waals surface area contributed by atoms with Crippen molar-refractivity contribution in [1.29, 1.82) is 0 Å². The van der Waals surface area contributed by atoms with Gasteiger partial charge in [-0.3, -0.25) is 4.79 Å². The average Bonchev–Trinajstić information content (AvgIpc) is 3.26. The van der Waals surface area contributed by atoms with Gasteiger partial charge in [0.2, 0.25) is 5.91 Å². The number of hydrogen-bond acceptors (Lipinski definition) is 6. The third kappa shape index (κ3) is 4.54. The molecule has 0 aromatic carbocycles. The predicted octanol–water partition coefficient (Wildman–Crippen LogP) is 1.28. The molecule has 0 spiro atoms. The molecule has 2 aromatic rings. The summed E-state index contributed by atoms with van der Waals surface area (Å²) in [5, 5.41) is 18.5. The third-order valence-corrected chi connectivity index (χ3v) is 4.31. The zero-order chi connectivity index (χ0) is 17.5. The van der Waals surface area contributed by atoms with Crippen molar-refractivity contribution in [1.82, 2.24) is 25.3 Å². The maximum atomic E-state index is 12.1. The SMILES string of the molecule is CCCn1nccc1NC(=O)CNC[C@H]1CCCN1c1cccnn1. The quantitative estimate of drug-likeness (QED) is 0.751. The van der Waals surface area contributed by atoms with Crippen LogP contribution in [-0.4, -0.2) is 51.6 Å². The van der Waals surface area contributed by atoms with Crippen LogP contribution in [0.25, 0.3) is 0 Å². The first-order valence-corrected chi connectivity index (χ1v) is 8.84. The van der Waals surface area contributed by atoms with Gasteiger partial charge in [0.1, 0.15) is 5.82 Å². The summed E-state index contributed by atoms with van der Waals surface area (Å²) in [5.41, 5.74) is 0. The maximum absolute atomic E-state index is 12.1. The van der Waals surface area contributed by atoms with Crippen molar-refractivity contribution in [2.24, 2.45) is 0 Å². The topological polar surface area (TPSA) is 88.0 Å². The summed E-state index contributed by atoms with van der Waals surface area (Å²) in [4.78, 5) is 14.4. The van der Waals surface area contributed by atoms with E-state index in [-0.39, 0.29) is 12.5 Å². The van der Waals surface area contributed by atoms with Crippen LogP contribution in [0.5, 0.6) is 0 Å². The Morgan fingerprint density at radius 3 is 3.08 bits per heavy atom. The summed E-state index contributed by atoms with van der Waals surface area (Å²) in [6, 6.07) is 6.04. The van der Waals surface area contributed by atoms with E-state index in [0.29, 0.717) is 6.04 Å². The molecule has 0 saturated carbocycles. The molecule has 1 amide bonds. The molecule has 8 heteroatoms. The fraction of sp³-hybridized carbons (Fsp3) is 0.529. The Hall–Kier alpha value is -2.48. The summed E-state index contributed by atoms with van der Waals surface area (Å²) < 4.78 is 1.81. The van der Waals surface area contributed by atoms with E-state index in [0.717, 1.165) is 50.5 Å². The van der Waals surface area contributed by atoms with E-state index in [1.165, 1.54) is 0 Å². The summed E-state index contributed by atoms with van der Waals surface area (Å²) in [6.45, 7) is 4.89. The molecule has 25 heavy (non-hydrogen) atoms. The van der Waals surface area contributed by atoms with Crippen LogP contribution >= 0.6 is 0 Å². The first-order valence-electron chi connectivity index (χ1n) is 8.84. The van der Waals surface area contributed by atoms with E-state index in [1.807, 2.05) is 22.9 Å². The molecule has 3 rings (SSSR count). The number of anilines is 2. The normalized spacial score (nSPS) is 17.0. The number of hydrogen-bond donors (Lipinski definition) is 2. The van der Waals surface area contributed by atoms with Crippen LogP contribution in [0.1, 0.15) is 26.2 Å². The zero-order valence-corrected chi connectivity index (χ0v) is 14.6. The van der Waals surface area contributed by atoms with Gasteiger partial charge in [0.05, 0.1) is 12.7 Å². The lowest BCUT2D eigenvalue weighted by atomic mass is 10.2. The van der Waals surface area contributed by atoms with Crippen molar-refractivity contribution in [2.75, 3.05) is 29.9 Å². The van der Waals surface area contributed by atoms with Crippen molar-refractivity contribution >= 4 is 17.5 Å². The summed E-state index contributed by atoms with van der Waals surface area (Å²) in [5.74, 6) is 1.59. The molecule has 134 valence electrons. The highest BCUT2D eigenvalue weighted by Crippen LogP contribution is 2.22. The highest BCUT2D eigenvalue weighted by atomic mass is 16.2. The zero-order valence-electron chi connectivity index (χ0n) is 14.6. The molecule has 3 heterocycles. The van der Waals surface area contributed by atoms with Crippen LogP contribution in [0.3, 0.4) is 0 Å².